The molecule has 3 rings (SSSR count). The summed E-state index contributed by atoms with van der Waals surface area (Å²) in [4.78, 5) is 17.9. The Bertz CT molecular complexity index is 622. The summed E-state index contributed by atoms with van der Waals surface area (Å²) in [7, 11) is 0. The van der Waals surface area contributed by atoms with Gasteiger partial charge in [-0.3, -0.25) is 0 Å². The number of anilines is 1. The van der Waals surface area contributed by atoms with Crippen molar-refractivity contribution in [3.63, 3.8) is 0 Å². The Morgan fingerprint density at radius 3 is 2.89 bits per heavy atom. The zero-order chi connectivity index (χ0) is 13.4. The molecule has 7 heteroatoms. The van der Waals surface area contributed by atoms with E-state index in [1.807, 2.05) is 6.07 Å². The first-order chi connectivity index (χ1) is 9.15. The average Bonchev–Trinajstić information content (AvgIpc) is 2.80. The molecule has 1 unspecified atom stereocenters. The van der Waals surface area contributed by atoms with Crippen LogP contribution >= 0.6 is 0 Å². The lowest BCUT2D eigenvalue weighted by molar-refractivity contribution is 0.353. The van der Waals surface area contributed by atoms with Crippen LogP contribution in [0.15, 0.2) is 17.2 Å². The highest BCUT2D eigenvalue weighted by atomic mass is 16.1. The van der Waals surface area contributed by atoms with Crippen molar-refractivity contribution in [2.45, 2.75) is 25.8 Å². The molecular formula is C12H18N6O. The van der Waals surface area contributed by atoms with Gasteiger partial charge in [0.15, 0.2) is 5.65 Å². The van der Waals surface area contributed by atoms with Crippen LogP contribution in [0.1, 0.15) is 19.8 Å². The molecule has 1 aliphatic rings. The number of hydrogen-bond acceptors (Lipinski definition) is 5. The number of piperidine rings is 1. The van der Waals surface area contributed by atoms with Gasteiger partial charge in [0.25, 0.3) is 0 Å². The van der Waals surface area contributed by atoms with Gasteiger partial charge < -0.3 is 10.6 Å². The first-order valence-corrected chi connectivity index (χ1v) is 6.58. The van der Waals surface area contributed by atoms with Gasteiger partial charge in [0, 0.05) is 25.2 Å². The topological polar surface area (TPSA) is 92.3 Å². The molecule has 0 amide bonds. The van der Waals surface area contributed by atoms with Crippen LogP contribution in [-0.2, 0) is 0 Å². The summed E-state index contributed by atoms with van der Waals surface area (Å²) in [6.45, 7) is 3.97. The van der Waals surface area contributed by atoms with E-state index in [-0.39, 0.29) is 11.7 Å². The second-order valence-corrected chi connectivity index (χ2v) is 5.19. The summed E-state index contributed by atoms with van der Waals surface area (Å²) in [6.07, 6.45) is 3.68. The van der Waals surface area contributed by atoms with E-state index in [9.17, 15) is 4.79 Å². The van der Waals surface area contributed by atoms with E-state index in [4.69, 9.17) is 5.73 Å². The normalized spacial score (nSPS) is 18.9. The molecule has 0 aromatic carbocycles. The molecule has 0 spiro atoms. The monoisotopic (exact) mass is 262 g/mol. The maximum atomic E-state index is 11.4. The summed E-state index contributed by atoms with van der Waals surface area (Å²) in [5, 5.41) is 6.37. The number of rotatable bonds is 2. The lowest BCUT2D eigenvalue weighted by Crippen LogP contribution is -2.40. The number of fused-ring (bicyclic) bond motifs is 1. The third kappa shape index (κ3) is 2.21. The Morgan fingerprint density at radius 1 is 1.47 bits per heavy atom. The maximum Gasteiger partial charge on any atom is 0.348 e. The van der Waals surface area contributed by atoms with Crippen molar-refractivity contribution in [1.82, 2.24) is 19.6 Å². The zero-order valence-electron chi connectivity index (χ0n) is 10.9. The Hall–Kier alpha value is -1.89. The van der Waals surface area contributed by atoms with Crippen LogP contribution in [0.4, 0.5) is 5.82 Å². The minimum Gasteiger partial charge on any atom is -0.356 e. The van der Waals surface area contributed by atoms with Crippen LogP contribution in [0.2, 0.25) is 0 Å². The maximum absolute atomic E-state index is 11.4. The lowest BCUT2D eigenvalue weighted by atomic mass is 9.91. The average molecular weight is 262 g/mol. The smallest absolute Gasteiger partial charge is 0.348 e. The molecule has 0 saturated carbocycles. The van der Waals surface area contributed by atoms with Gasteiger partial charge in [-0.15, -0.1) is 0 Å². The highest BCUT2D eigenvalue weighted by Gasteiger charge is 2.22. The lowest BCUT2D eigenvalue weighted by Gasteiger charge is -2.34. The van der Waals surface area contributed by atoms with Crippen molar-refractivity contribution in [2.75, 3.05) is 18.0 Å². The minimum atomic E-state index is -0.260. The second-order valence-electron chi connectivity index (χ2n) is 5.19. The summed E-state index contributed by atoms with van der Waals surface area (Å²) in [5.41, 5.74) is 6.28. The van der Waals surface area contributed by atoms with Gasteiger partial charge in [0.1, 0.15) is 12.1 Å². The number of nitrogens with two attached hydrogens (primary N) is 1. The molecule has 102 valence electrons. The Morgan fingerprint density at radius 2 is 2.21 bits per heavy atom. The first-order valence-electron chi connectivity index (χ1n) is 6.58. The quantitative estimate of drug-likeness (QED) is 0.793. The number of aromatic nitrogens is 4. The third-order valence-corrected chi connectivity index (χ3v) is 3.90. The minimum absolute atomic E-state index is 0.252. The molecule has 0 aliphatic carbocycles. The van der Waals surface area contributed by atoms with Crippen molar-refractivity contribution in [1.29, 1.82) is 0 Å². The van der Waals surface area contributed by atoms with E-state index in [1.165, 1.54) is 10.7 Å². The van der Waals surface area contributed by atoms with Crippen molar-refractivity contribution in [3.05, 3.63) is 22.9 Å². The van der Waals surface area contributed by atoms with Crippen LogP contribution in [-0.4, -0.2) is 38.7 Å². The van der Waals surface area contributed by atoms with Gasteiger partial charge in [0.2, 0.25) is 0 Å². The number of nitrogens with one attached hydrogen (secondary N) is 1. The highest BCUT2D eigenvalue weighted by molar-refractivity contribution is 5.50. The van der Waals surface area contributed by atoms with Crippen molar-refractivity contribution in [3.8, 4) is 0 Å². The van der Waals surface area contributed by atoms with E-state index < -0.39 is 0 Å². The van der Waals surface area contributed by atoms with Crippen LogP contribution in [0.3, 0.4) is 0 Å². The molecule has 2 aromatic rings. The van der Waals surface area contributed by atoms with E-state index in [0.717, 1.165) is 31.7 Å². The van der Waals surface area contributed by atoms with Gasteiger partial charge >= 0.3 is 5.69 Å². The van der Waals surface area contributed by atoms with Crippen LogP contribution < -0.4 is 16.3 Å². The Kier molecular flexibility index (Phi) is 2.98. The van der Waals surface area contributed by atoms with Gasteiger partial charge in [-0.25, -0.2) is 19.3 Å². The fourth-order valence-corrected chi connectivity index (χ4v) is 2.63. The Labute approximate surface area is 110 Å². The standard InChI is InChI=1S/C12H18N6O/c1-8(13)9-2-4-17(5-3-9)10-6-11-15-16-12(19)18(11)7-14-10/h6-9H,2-5,13H2,1H3,(H,16,19). The summed E-state index contributed by atoms with van der Waals surface area (Å²) in [5.74, 6) is 1.46. The predicted molar refractivity (Wildman–Crippen MR) is 72.2 cm³/mol. The molecule has 19 heavy (non-hydrogen) atoms. The number of H-pyrrole nitrogens is 1. The molecule has 1 aliphatic heterocycles. The third-order valence-electron chi connectivity index (χ3n) is 3.90. The SMILES string of the molecule is CC(N)C1CCN(c2cc3n[nH]c(=O)n3cn2)CC1. The van der Waals surface area contributed by atoms with Crippen molar-refractivity contribution >= 4 is 11.5 Å². The molecule has 2 aromatic heterocycles. The molecule has 0 bridgehead atoms. The van der Waals surface area contributed by atoms with Gasteiger partial charge in [-0.1, -0.05) is 0 Å². The van der Waals surface area contributed by atoms with Gasteiger partial charge in [-0.05, 0) is 25.7 Å². The van der Waals surface area contributed by atoms with Crippen molar-refractivity contribution in [2.24, 2.45) is 11.7 Å². The molecule has 1 atom stereocenters. The molecule has 0 radical (unpaired) electrons. The zero-order valence-corrected chi connectivity index (χ0v) is 10.9. The molecule has 3 heterocycles. The molecular weight excluding hydrogens is 244 g/mol. The number of hydrogen-bond donors (Lipinski definition) is 2. The predicted octanol–water partition coefficient (Wildman–Crippen LogP) is -0.0188. The largest absolute Gasteiger partial charge is 0.356 e. The summed E-state index contributed by atoms with van der Waals surface area (Å²) < 4.78 is 1.40. The van der Waals surface area contributed by atoms with Crippen LogP contribution in [0.25, 0.3) is 5.65 Å². The highest BCUT2D eigenvalue weighted by Crippen LogP contribution is 2.23. The first kappa shape index (κ1) is 12.2. The summed E-state index contributed by atoms with van der Waals surface area (Å²) in [6, 6.07) is 2.09. The Balaban J connectivity index is 1.80. The number of aromatic amines is 1. The molecule has 1 saturated heterocycles. The fourth-order valence-electron chi connectivity index (χ4n) is 2.63. The summed E-state index contributed by atoms with van der Waals surface area (Å²) >= 11 is 0. The second kappa shape index (κ2) is 4.65. The molecule has 7 nitrogen and oxygen atoms in total. The number of nitrogens with zero attached hydrogens (tertiary/aromatic N) is 4. The van der Waals surface area contributed by atoms with E-state index in [2.05, 4.69) is 27.0 Å². The van der Waals surface area contributed by atoms with Crippen molar-refractivity contribution < 1.29 is 0 Å². The molecule has 1 fully saturated rings. The van der Waals surface area contributed by atoms with Crippen LogP contribution in [0.5, 0.6) is 0 Å². The van der Waals surface area contributed by atoms with Gasteiger partial charge in [0.05, 0.1) is 0 Å². The van der Waals surface area contributed by atoms with E-state index in [0.29, 0.717) is 11.6 Å². The van der Waals surface area contributed by atoms with E-state index >= 15 is 0 Å². The fraction of sp³-hybridized carbons (Fsp3) is 0.583. The molecule has 3 N–H and O–H groups in total. The van der Waals surface area contributed by atoms with Crippen LogP contribution in [0, 0.1) is 5.92 Å². The van der Waals surface area contributed by atoms with Gasteiger partial charge in [-0.2, -0.15) is 5.10 Å². The van der Waals surface area contributed by atoms with E-state index in [1.54, 1.807) is 0 Å².